The zero-order valence-electron chi connectivity index (χ0n) is 23.6. The molecule has 0 aliphatic heterocycles. The van der Waals surface area contributed by atoms with Crippen LogP contribution in [0, 0.1) is 13.8 Å². The summed E-state index contributed by atoms with van der Waals surface area (Å²) in [6, 6.07) is 22.2. The molecule has 4 rings (SSSR count). The molecule has 1 atom stereocenters. The largest absolute Gasteiger partial charge is 0.504 e. The van der Waals surface area contributed by atoms with Gasteiger partial charge in [-0.25, -0.2) is 8.42 Å². The van der Waals surface area contributed by atoms with E-state index in [4.69, 9.17) is 21.1 Å². The highest BCUT2D eigenvalue weighted by Crippen LogP contribution is 2.39. The highest BCUT2D eigenvalue weighted by atomic mass is 35.5. The summed E-state index contributed by atoms with van der Waals surface area (Å²) < 4.78 is 37.6. The molecule has 0 aliphatic rings. The third-order valence-corrected chi connectivity index (χ3v) is 6.98. The molecule has 4 aromatic rings. The fourth-order valence-electron chi connectivity index (χ4n) is 4.16. The molecule has 0 saturated heterocycles. The summed E-state index contributed by atoms with van der Waals surface area (Å²) in [4.78, 5) is 13.0. The number of sulfonamides is 1. The molecule has 0 bridgehead atoms. The first kappa shape index (κ1) is 30.5. The summed E-state index contributed by atoms with van der Waals surface area (Å²) in [5.41, 5.74) is 3.68. The number of amides is 1. The van der Waals surface area contributed by atoms with E-state index in [0.29, 0.717) is 40.7 Å². The van der Waals surface area contributed by atoms with Crippen LogP contribution in [0.2, 0.25) is 5.02 Å². The van der Waals surface area contributed by atoms with Crippen LogP contribution in [0.3, 0.4) is 0 Å². The van der Waals surface area contributed by atoms with E-state index in [0.717, 1.165) is 17.4 Å². The topological polar surface area (TPSA) is 126 Å². The molecule has 0 fully saturated rings. The first-order valence-corrected chi connectivity index (χ1v) is 15.4. The van der Waals surface area contributed by atoms with Crippen molar-refractivity contribution in [3.63, 3.8) is 0 Å². The van der Waals surface area contributed by atoms with Crippen molar-refractivity contribution in [2.24, 2.45) is 0 Å². The van der Waals surface area contributed by atoms with E-state index < -0.39 is 16.1 Å². The maximum Gasteiger partial charge on any atom is 0.265 e. The Morgan fingerprint density at radius 1 is 0.929 bits per heavy atom. The summed E-state index contributed by atoms with van der Waals surface area (Å²) in [6.07, 6.45) is 0.846. The summed E-state index contributed by atoms with van der Waals surface area (Å²) in [7, 11) is -3.46. The fourth-order valence-corrected chi connectivity index (χ4v) is 4.93. The number of aryl methyl sites for hydroxylation is 2. The van der Waals surface area contributed by atoms with Gasteiger partial charge in [-0.1, -0.05) is 48.4 Å². The van der Waals surface area contributed by atoms with Gasteiger partial charge in [-0.2, -0.15) is 0 Å². The summed E-state index contributed by atoms with van der Waals surface area (Å²) in [5.74, 6) is 0.899. The predicted octanol–water partition coefficient (Wildman–Crippen LogP) is 7.37. The van der Waals surface area contributed by atoms with Crippen LogP contribution < -0.4 is 24.8 Å². The van der Waals surface area contributed by atoms with Crippen molar-refractivity contribution < 1.29 is 27.8 Å². The fraction of sp³-hybridized carbons (Fsp3) is 0.194. The molecule has 9 nitrogen and oxygen atoms in total. The Morgan fingerprint density at radius 3 is 2.36 bits per heavy atom. The highest BCUT2D eigenvalue weighted by molar-refractivity contribution is 7.92. The lowest BCUT2D eigenvalue weighted by atomic mass is 10.1. The number of halogens is 1. The number of hydrogen-bond donors (Lipinski definition) is 4. The summed E-state index contributed by atoms with van der Waals surface area (Å²) >= 11 is 6.27. The van der Waals surface area contributed by atoms with Gasteiger partial charge in [0.1, 0.15) is 17.2 Å². The minimum absolute atomic E-state index is 0.0409. The average Bonchev–Trinajstić information content (AvgIpc) is 2.90. The second kappa shape index (κ2) is 13.1. The van der Waals surface area contributed by atoms with Crippen LogP contribution in [0.15, 0.2) is 78.9 Å². The average molecular weight is 610 g/mol. The number of rotatable bonds is 11. The minimum Gasteiger partial charge on any atom is -0.504 e. The molecule has 220 valence electrons. The van der Waals surface area contributed by atoms with Crippen LogP contribution in [0.1, 0.15) is 24.5 Å². The van der Waals surface area contributed by atoms with Gasteiger partial charge < -0.3 is 25.2 Å². The predicted molar refractivity (Wildman–Crippen MR) is 167 cm³/mol. The number of nitrogens with one attached hydrogen (secondary N) is 3. The summed E-state index contributed by atoms with van der Waals surface area (Å²) in [6.45, 7) is 5.82. The van der Waals surface area contributed by atoms with E-state index in [1.807, 2.05) is 39.0 Å². The second-order valence-electron chi connectivity index (χ2n) is 9.78. The van der Waals surface area contributed by atoms with Crippen molar-refractivity contribution in [2.75, 3.05) is 21.6 Å². The number of ether oxygens (including phenoxy) is 2. The molecule has 0 aromatic heterocycles. The standard InChI is InChI=1S/C31H32ClN3O6S/c1-5-28(41-29-13-12-19(2)14-20(29)3)31(37)34-22-9-7-11-24(16-22)40-25-17-26(32)30(36)27(18-25)33-21-8-6-10-23(15-21)35-42(4,38)39/h6-18,28,33,35-36H,5H2,1-4H3,(H,34,37). The van der Waals surface area contributed by atoms with E-state index in [-0.39, 0.29) is 22.4 Å². The Bertz CT molecular complexity index is 1710. The zero-order valence-corrected chi connectivity index (χ0v) is 25.1. The number of benzene rings is 4. The van der Waals surface area contributed by atoms with Gasteiger partial charge in [0, 0.05) is 29.6 Å². The van der Waals surface area contributed by atoms with Crippen LogP contribution in [0.4, 0.5) is 22.7 Å². The van der Waals surface area contributed by atoms with Gasteiger partial charge >= 0.3 is 0 Å². The van der Waals surface area contributed by atoms with Crippen LogP contribution in [0.25, 0.3) is 0 Å². The van der Waals surface area contributed by atoms with Crippen LogP contribution in [-0.2, 0) is 14.8 Å². The molecule has 0 saturated carbocycles. The van der Waals surface area contributed by atoms with Gasteiger partial charge in [0.2, 0.25) is 10.0 Å². The number of aromatic hydroxyl groups is 1. The molecule has 1 amide bonds. The number of phenols is 1. The second-order valence-corrected chi connectivity index (χ2v) is 11.9. The van der Waals surface area contributed by atoms with Gasteiger partial charge in [-0.15, -0.1) is 0 Å². The van der Waals surface area contributed by atoms with Crippen LogP contribution in [-0.4, -0.2) is 31.8 Å². The molecule has 0 spiro atoms. The lowest BCUT2D eigenvalue weighted by Gasteiger charge is -2.19. The van der Waals surface area contributed by atoms with Gasteiger partial charge in [-0.3, -0.25) is 9.52 Å². The molecule has 0 aliphatic carbocycles. The zero-order chi connectivity index (χ0) is 30.4. The molecule has 42 heavy (non-hydrogen) atoms. The van der Waals surface area contributed by atoms with Crippen molar-refractivity contribution >= 4 is 50.3 Å². The van der Waals surface area contributed by atoms with Gasteiger partial charge in [-0.05, 0) is 62.2 Å². The Balaban J connectivity index is 1.48. The van der Waals surface area contributed by atoms with Crippen molar-refractivity contribution in [3.8, 4) is 23.0 Å². The SMILES string of the molecule is CCC(Oc1ccc(C)cc1C)C(=O)Nc1cccc(Oc2cc(Cl)c(O)c(Nc3cccc(NS(C)(=O)=O)c3)c2)c1. The van der Waals surface area contributed by atoms with Gasteiger partial charge in [0.15, 0.2) is 11.9 Å². The molecule has 0 radical (unpaired) electrons. The molecular weight excluding hydrogens is 578 g/mol. The van der Waals surface area contributed by atoms with Crippen molar-refractivity contribution in [3.05, 3.63) is 95.0 Å². The van der Waals surface area contributed by atoms with Gasteiger partial charge in [0.25, 0.3) is 5.91 Å². The third-order valence-electron chi connectivity index (χ3n) is 6.08. The van der Waals surface area contributed by atoms with E-state index >= 15 is 0 Å². The Kier molecular flexibility index (Phi) is 9.49. The Morgan fingerprint density at radius 2 is 1.64 bits per heavy atom. The number of carbonyl (C=O) groups excluding carboxylic acids is 1. The maximum atomic E-state index is 13.0. The van der Waals surface area contributed by atoms with Crippen molar-refractivity contribution in [1.29, 1.82) is 0 Å². The van der Waals surface area contributed by atoms with E-state index in [2.05, 4.69) is 15.4 Å². The van der Waals surface area contributed by atoms with Crippen LogP contribution in [0.5, 0.6) is 23.0 Å². The molecule has 4 N–H and O–H groups in total. The normalized spacial score (nSPS) is 11.8. The number of carbonyl (C=O) groups is 1. The monoisotopic (exact) mass is 609 g/mol. The lowest BCUT2D eigenvalue weighted by Crippen LogP contribution is -2.32. The summed E-state index contributed by atoms with van der Waals surface area (Å²) in [5, 5.41) is 16.5. The van der Waals surface area contributed by atoms with Crippen molar-refractivity contribution in [1.82, 2.24) is 0 Å². The maximum absolute atomic E-state index is 13.0. The first-order chi connectivity index (χ1) is 19.9. The third kappa shape index (κ3) is 8.31. The molecule has 11 heteroatoms. The highest BCUT2D eigenvalue weighted by Gasteiger charge is 2.20. The molecule has 4 aromatic carbocycles. The van der Waals surface area contributed by atoms with E-state index in [1.165, 1.54) is 6.07 Å². The molecular formula is C31H32ClN3O6S. The van der Waals surface area contributed by atoms with E-state index in [1.54, 1.807) is 54.6 Å². The quantitative estimate of drug-likeness (QED) is 0.131. The number of phenolic OH excluding ortho intramolecular Hbond substituents is 1. The van der Waals surface area contributed by atoms with Crippen molar-refractivity contribution in [2.45, 2.75) is 33.3 Å². The number of hydrogen-bond acceptors (Lipinski definition) is 7. The molecule has 0 heterocycles. The van der Waals surface area contributed by atoms with Gasteiger partial charge in [0.05, 0.1) is 22.7 Å². The lowest BCUT2D eigenvalue weighted by molar-refractivity contribution is -0.122. The van der Waals surface area contributed by atoms with Crippen LogP contribution >= 0.6 is 11.6 Å². The Hall–Kier alpha value is -4.41. The first-order valence-electron chi connectivity index (χ1n) is 13.1. The minimum atomic E-state index is -3.46. The smallest absolute Gasteiger partial charge is 0.265 e. The number of anilines is 4. The van der Waals surface area contributed by atoms with E-state index in [9.17, 15) is 18.3 Å². The Labute approximate surface area is 250 Å². The molecule has 1 unspecified atom stereocenters.